The highest BCUT2D eigenvalue weighted by atomic mass is 32.1. The minimum atomic E-state index is -0.268. The van der Waals surface area contributed by atoms with Gasteiger partial charge in [0.05, 0.1) is 25.0 Å². The monoisotopic (exact) mass is 426 g/mol. The molecule has 30 heavy (non-hydrogen) atoms. The molecular weight excluding hydrogens is 404 g/mol. The van der Waals surface area contributed by atoms with E-state index in [-0.39, 0.29) is 30.4 Å². The third-order valence-corrected chi connectivity index (χ3v) is 5.56. The topological polar surface area (TPSA) is 97.6 Å². The second-order valence-electron chi connectivity index (χ2n) is 7.22. The molecule has 1 aliphatic heterocycles. The van der Waals surface area contributed by atoms with E-state index in [0.717, 1.165) is 11.3 Å². The van der Waals surface area contributed by atoms with E-state index < -0.39 is 0 Å². The minimum absolute atomic E-state index is 0.0783. The summed E-state index contributed by atoms with van der Waals surface area (Å²) in [5.74, 6) is 0.00515. The predicted octanol–water partition coefficient (Wildman–Crippen LogP) is 3.08. The Morgan fingerprint density at radius 2 is 2.00 bits per heavy atom. The summed E-state index contributed by atoms with van der Waals surface area (Å²) in [6.07, 6.45) is 3.24. The second kappa shape index (κ2) is 8.86. The number of anilines is 1. The van der Waals surface area contributed by atoms with Crippen LogP contribution in [0, 0.1) is 0 Å². The van der Waals surface area contributed by atoms with Gasteiger partial charge in [-0.05, 0) is 38.1 Å². The van der Waals surface area contributed by atoms with Gasteiger partial charge in [-0.3, -0.25) is 19.5 Å². The van der Waals surface area contributed by atoms with Crippen molar-refractivity contribution in [3.8, 4) is 11.5 Å². The van der Waals surface area contributed by atoms with E-state index in [1.807, 2.05) is 13.8 Å². The summed E-state index contributed by atoms with van der Waals surface area (Å²) < 4.78 is 11.2. The first-order valence-electron chi connectivity index (χ1n) is 9.67. The largest absolute Gasteiger partial charge is 0.463 e. The maximum atomic E-state index is 13.0. The third-order valence-electron chi connectivity index (χ3n) is 4.59. The zero-order valence-electron chi connectivity index (χ0n) is 16.7. The van der Waals surface area contributed by atoms with Crippen LogP contribution in [-0.4, -0.2) is 58.4 Å². The molecule has 1 amide bonds. The summed E-state index contributed by atoms with van der Waals surface area (Å²) in [7, 11) is 0. The first-order valence-corrected chi connectivity index (χ1v) is 10.5. The van der Waals surface area contributed by atoms with Crippen molar-refractivity contribution in [1.82, 2.24) is 14.9 Å². The highest BCUT2D eigenvalue weighted by Crippen LogP contribution is 2.33. The first kappa shape index (κ1) is 20.4. The highest BCUT2D eigenvalue weighted by molar-refractivity contribution is 7.18. The standard InChI is InChI=1S/C21H22N4O4S/c1-13-10-25(11-14(2)29-13)12-17(26)23-21-24-18(16-7-5-9-28-16)20(30-21)19(27)15-6-3-4-8-22-15/h3-9,13-14H,10-12H2,1-2H3,(H,23,24,26). The number of ketones is 1. The lowest BCUT2D eigenvalue weighted by Crippen LogP contribution is -2.48. The maximum absolute atomic E-state index is 13.0. The number of nitrogens with one attached hydrogen (secondary N) is 1. The number of ether oxygens (including phenoxy) is 1. The van der Waals surface area contributed by atoms with Crippen molar-refractivity contribution in [1.29, 1.82) is 0 Å². The molecule has 0 aromatic carbocycles. The van der Waals surface area contributed by atoms with E-state index >= 15 is 0 Å². The van der Waals surface area contributed by atoms with Gasteiger partial charge < -0.3 is 14.5 Å². The summed E-state index contributed by atoms with van der Waals surface area (Å²) in [4.78, 5) is 36.6. The fourth-order valence-corrected chi connectivity index (χ4v) is 4.43. The third kappa shape index (κ3) is 4.64. The smallest absolute Gasteiger partial charge is 0.240 e. The summed E-state index contributed by atoms with van der Waals surface area (Å²) in [6.45, 7) is 5.60. The number of amides is 1. The minimum Gasteiger partial charge on any atom is -0.463 e. The molecule has 4 heterocycles. The normalized spacial score (nSPS) is 19.5. The lowest BCUT2D eigenvalue weighted by atomic mass is 10.1. The van der Waals surface area contributed by atoms with Crippen LogP contribution in [-0.2, 0) is 9.53 Å². The zero-order valence-corrected chi connectivity index (χ0v) is 17.5. The summed E-state index contributed by atoms with van der Waals surface area (Å²) in [6, 6.07) is 8.60. The van der Waals surface area contributed by atoms with Crippen LogP contribution in [0.25, 0.3) is 11.5 Å². The molecule has 1 fully saturated rings. The molecule has 0 spiro atoms. The molecule has 2 unspecified atom stereocenters. The van der Waals surface area contributed by atoms with Gasteiger partial charge in [-0.2, -0.15) is 0 Å². The average molecular weight is 426 g/mol. The van der Waals surface area contributed by atoms with E-state index in [4.69, 9.17) is 9.15 Å². The Bertz CT molecular complexity index is 1010. The lowest BCUT2D eigenvalue weighted by Gasteiger charge is -2.34. The van der Waals surface area contributed by atoms with Gasteiger partial charge in [0.15, 0.2) is 10.9 Å². The molecule has 8 nitrogen and oxygen atoms in total. The molecule has 0 aliphatic carbocycles. The molecule has 156 valence electrons. The predicted molar refractivity (Wildman–Crippen MR) is 113 cm³/mol. The zero-order chi connectivity index (χ0) is 21.1. The highest BCUT2D eigenvalue weighted by Gasteiger charge is 2.26. The Labute approximate surface area is 177 Å². The van der Waals surface area contributed by atoms with Crippen LogP contribution in [0.1, 0.15) is 29.2 Å². The molecule has 9 heteroatoms. The van der Waals surface area contributed by atoms with Crippen LogP contribution in [0.2, 0.25) is 0 Å². The van der Waals surface area contributed by atoms with E-state index in [2.05, 4.69) is 20.2 Å². The molecule has 1 aliphatic rings. The molecular formula is C21H22N4O4S. The number of furan rings is 1. The summed E-state index contributed by atoms with van der Waals surface area (Å²) in [5, 5.41) is 3.17. The Hall–Kier alpha value is -2.88. The van der Waals surface area contributed by atoms with E-state index in [1.165, 1.54) is 6.26 Å². The number of morpholine rings is 1. The van der Waals surface area contributed by atoms with Crippen LogP contribution < -0.4 is 5.32 Å². The molecule has 0 bridgehead atoms. The fourth-order valence-electron chi connectivity index (χ4n) is 3.50. The van der Waals surface area contributed by atoms with Crippen molar-refractivity contribution in [2.24, 2.45) is 0 Å². The lowest BCUT2D eigenvalue weighted by molar-refractivity contribution is -0.121. The van der Waals surface area contributed by atoms with Crippen molar-refractivity contribution in [3.63, 3.8) is 0 Å². The molecule has 0 radical (unpaired) electrons. The van der Waals surface area contributed by atoms with Gasteiger partial charge in [-0.15, -0.1) is 0 Å². The Kier molecular flexibility index (Phi) is 6.03. The Morgan fingerprint density at radius 3 is 2.67 bits per heavy atom. The van der Waals surface area contributed by atoms with Gasteiger partial charge in [-0.25, -0.2) is 4.98 Å². The number of thiazole rings is 1. The number of carbonyl (C=O) groups is 2. The number of nitrogens with zero attached hydrogens (tertiary/aromatic N) is 3. The van der Waals surface area contributed by atoms with Crippen LogP contribution in [0.15, 0.2) is 47.2 Å². The van der Waals surface area contributed by atoms with Crippen LogP contribution in [0.5, 0.6) is 0 Å². The fraction of sp³-hybridized carbons (Fsp3) is 0.333. The summed E-state index contributed by atoms with van der Waals surface area (Å²) in [5.41, 5.74) is 0.702. The Morgan fingerprint density at radius 1 is 1.20 bits per heavy atom. The van der Waals surface area contributed by atoms with Gasteiger partial charge in [0, 0.05) is 19.3 Å². The second-order valence-corrected chi connectivity index (χ2v) is 8.22. The van der Waals surface area contributed by atoms with Crippen LogP contribution in [0.4, 0.5) is 5.13 Å². The number of hydrogen-bond donors (Lipinski definition) is 1. The number of pyridine rings is 1. The molecule has 1 N–H and O–H groups in total. The molecule has 3 aromatic heterocycles. The van der Waals surface area contributed by atoms with Crippen LogP contribution in [0.3, 0.4) is 0 Å². The van der Waals surface area contributed by atoms with Crippen molar-refractivity contribution in [2.75, 3.05) is 25.0 Å². The number of aromatic nitrogens is 2. The van der Waals surface area contributed by atoms with Crippen molar-refractivity contribution >= 4 is 28.2 Å². The van der Waals surface area contributed by atoms with Gasteiger partial charge in [-0.1, -0.05) is 17.4 Å². The first-order chi connectivity index (χ1) is 14.5. The van der Waals surface area contributed by atoms with E-state index in [9.17, 15) is 9.59 Å². The van der Waals surface area contributed by atoms with Gasteiger partial charge >= 0.3 is 0 Å². The maximum Gasteiger partial charge on any atom is 0.240 e. The molecule has 2 atom stereocenters. The van der Waals surface area contributed by atoms with Crippen LogP contribution >= 0.6 is 11.3 Å². The van der Waals surface area contributed by atoms with Gasteiger partial charge in [0.1, 0.15) is 16.3 Å². The van der Waals surface area contributed by atoms with E-state index in [1.54, 1.807) is 36.5 Å². The Balaban J connectivity index is 1.54. The molecule has 4 rings (SSSR count). The quantitative estimate of drug-likeness (QED) is 0.605. The van der Waals surface area contributed by atoms with E-state index in [0.29, 0.717) is 40.2 Å². The molecule has 3 aromatic rings. The SMILES string of the molecule is CC1CN(CC(=O)Nc2nc(-c3ccco3)c(C(=O)c3ccccn3)s2)CC(C)O1. The van der Waals surface area contributed by atoms with Crippen molar-refractivity contribution in [2.45, 2.75) is 26.1 Å². The molecule has 1 saturated heterocycles. The number of hydrogen-bond acceptors (Lipinski definition) is 8. The van der Waals surface area contributed by atoms with Gasteiger partial charge in [0.2, 0.25) is 11.7 Å². The summed E-state index contributed by atoms with van der Waals surface area (Å²) >= 11 is 1.12. The number of rotatable bonds is 6. The van der Waals surface area contributed by atoms with Crippen molar-refractivity contribution in [3.05, 3.63) is 53.4 Å². The van der Waals surface area contributed by atoms with Crippen molar-refractivity contribution < 1.29 is 18.7 Å². The number of carbonyl (C=O) groups excluding carboxylic acids is 2. The average Bonchev–Trinajstić information content (AvgIpc) is 3.37. The van der Waals surface area contributed by atoms with Gasteiger partial charge in [0.25, 0.3) is 0 Å². The molecule has 0 saturated carbocycles.